The summed E-state index contributed by atoms with van der Waals surface area (Å²) in [4.78, 5) is 11.8. The van der Waals surface area contributed by atoms with Crippen LogP contribution in [0.2, 0.25) is 0 Å². The first-order valence-electron chi connectivity index (χ1n) is 11.3. The molecule has 0 saturated heterocycles. The third kappa shape index (κ3) is 4.64. The van der Waals surface area contributed by atoms with Gasteiger partial charge in [0, 0.05) is 23.3 Å². The molecule has 2 aromatic carbocycles. The summed E-state index contributed by atoms with van der Waals surface area (Å²) in [6.07, 6.45) is 7.72. The Kier molecular flexibility index (Phi) is 6.41. The van der Waals surface area contributed by atoms with Gasteiger partial charge in [-0.15, -0.1) is 0 Å². The van der Waals surface area contributed by atoms with Gasteiger partial charge in [-0.1, -0.05) is 79.6 Å². The van der Waals surface area contributed by atoms with Crippen molar-refractivity contribution in [2.45, 2.75) is 38.1 Å². The molecule has 0 unspecified atom stereocenters. The standard InChI is InChI=1S/C27H25N5S/c28-18-23(26-30-25(19-33-26)20-10-4-1-5-11-20)24-16-17-29-27(31-24)32(21-12-6-2-7-13-21)22-14-8-3-9-15-22/h1-2,4-7,10-13,16-17,19,22,30H,3,8-9,14-15H2/b26-23-. The molecule has 33 heavy (non-hydrogen) atoms. The number of nitrogens with zero attached hydrogens (tertiary/aromatic N) is 4. The number of hydrogen-bond acceptors (Lipinski definition) is 6. The van der Waals surface area contributed by atoms with Gasteiger partial charge in [0.05, 0.1) is 16.4 Å². The summed E-state index contributed by atoms with van der Waals surface area (Å²) in [6, 6.07) is 25.0. The lowest BCUT2D eigenvalue weighted by Gasteiger charge is -2.34. The van der Waals surface area contributed by atoms with Crippen LogP contribution in [-0.2, 0) is 0 Å². The Morgan fingerprint density at radius 2 is 1.70 bits per heavy atom. The maximum Gasteiger partial charge on any atom is 0.230 e. The predicted octanol–water partition coefficient (Wildman–Crippen LogP) is 6.47. The number of allylic oxidation sites excluding steroid dienone is 1. The molecular weight excluding hydrogens is 426 g/mol. The third-order valence-corrected chi connectivity index (χ3v) is 6.95. The first-order valence-corrected chi connectivity index (χ1v) is 12.2. The Labute approximate surface area is 198 Å². The Morgan fingerprint density at radius 3 is 2.42 bits per heavy atom. The van der Waals surface area contributed by atoms with E-state index in [4.69, 9.17) is 4.98 Å². The molecule has 0 bridgehead atoms. The molecule has 0 radical (unpaired) electrons. The van der Waals surface area contributed by atoms with Crippen molar-refractivity contribution in [3.05, 3.63) is 94.6 Å². The minimum absolute atomic E-state index is 0.361. The van der Waals surface area contributed by atoms with Crippen LogP contribution in [0.3, 0.4) is 0 Å². The first-order chi connectivity index (χ1) is 16.3. The smallest absolute Gasteiger partial charge is 0.230 e. The molecule has 1 aliphatic heterocycles. The molecule has 2 aliphatic rings. The van der Waals surface area contributed by atoms with Crippen molar-refractivity contribution in [3.8, 4) is 6.07 Å². The predicted molar refractivity (Wildman–Crippen MR) is 135 cm³/mol. The van der Waals surface area contributed by atoms with Gasteiger partial charge in [-0.25, -0.2) is 9.97 Å². The molecule has 1 aromatic heterocycles. The fourth-order valence-electron chi connectivity index (χ4n) is 4.42. The number of anilines is 2. The lowest BCUT2D eigenvalue weighted by atomic mass is 9.94. The van der Waals surface area contributed by atoms with Gasteiger partial charge in [0.1, 0.15) is 11.6 Å². The highest BCUT2D eigenvalue weighted by molar-refractivity contribution is 8.06. The first kappa shape index (κ1) is 21.3. The van der Waals surface area contributed by atoms with E-state index in [2.05, 4.69) is 45.5 Å². The summed E-state index contributed by atoms with van der Waals surface area (Å²) in [5.41, 5.74) is 4.34. The van der Waals surface area contributed by atoms with Crippen LogP contribution in [0.15, 0.2) is 83.4 Å². The van der Waals surface area contributed by atoms with E-state index in [1.807, 2.05) is 47.9 Å². The monoisotopic (exact) mass is 451 g/mol. The molecule has 3 aromatic rings. The molecule has 1 fully saturated rings. The van der Waals surface area contributed by atoms with Gasteiger partial charge in [0.15, 0.2) is 0 Å². The summed E-state index contributed by atoms with van der Waals surface area (Å²) in [6.45, 7) is 0. The Bertz CT molecular complexity index is 1210. The zero-order valence-corrected chi connectivity index (χ0v) is 19.1. The molecule has 1 aliphatic carbocycles. The van der Waals surface area contributed by atoms with E-state index in [-0.39, 0.29) is 0 Å². The summed E-state index contributed by atoms with van der Waals surface area (Å²) in [5, 5.41) is 16.3. The van der Waals surface area contributed by atoms with Crippen molar-refractivity contribution < 1.29 is 0 Å². The normalized spacial score (nSPS) is 17.6. The number of thioether (sulfide) groups is 1. The van der Waals surface area contributed by atoms with E-state index in [0.29, 0.717) is 23.3 Å². The number of hydrogen-bond donors (Lipinski definition) is 1. The molecule has 164 valence electrons. The maximum absolute atomic E-state index is 10.0. The van der Waals surface area contributed by atoms with E-state index in [1.54, 1.807) is 6.20 Å². The van der Waals surface area contributed by atoms with Crippen LogP contribution >= 0.6 is 11.8 Å². The molecule has 2 heterocycles. The fraction of sp³-hybridized carbons (Fsp3) is 0.222. The van der Waals surface area contributed by atoms with E-state index in [0.717, 1.165) is 34.8 Å². The minimum Gasteiger partial charge on any atom is -0.348 e. The molecule has 1 N–H and O–H groups in total. The fourth-order valence-corrected chi connectivity index (χ4v) is 5.29. The van der Waals surface area contributed by atoms with Crippen LogP contribution < -0.4 is 10.2 Å². The zero-order valence-electron chi connectivity index (χ0n) is 18.3. The van der Waals surface area contributed by atoms with Crippen molar-refractivity contribution in [1.29, 1.82) is 5.26 Å². The molecular formula is C27H25N5S. The van der Waals surface area contributed by atoms with Crippen molar-refractivity contribution in [1.82, 2.24) is 15.3 Å². The van der Waals surface area contributed by atoms with Crippen molar-refractivity contribution in [3.63, 3.8) is 0 Å². The van der Waals surface area contributed by atoms with Crippen molar-refractivity contribution in [2.24, 2.45) is 0 Å². The summed E-state index contributed by atoms with van der Waals surface area (Å²) in [5.74, 6) is 0.651. The number of para-hydroxylation sites is 1. The number of aromatic nitrogens is 2. The number of rotatable bonds is 5. The van der Waals surface area contributed by atoms with Crippen LogP contribution in [0.25, 0.3) is 11.3 Å². The van der Waals surface area contributed by atoms with Crippen molar-refractivity contribution in [2.75, 3.05) is 4.90 Å². The van der Waals surface area contributed by atoms with Gasteiger partial charge in [0.25, 0.3) is 0 Å². The molecule has 1 saturated carbocycles. The van der Waals surface area contributed by atoms with E-state index in [9.17, 15) is 5.26 Å². The van der Waals surface area contributed by atoms with Gasteiger partial charge >= 0.3 is 0 Å². The van der Waals surface area contributed by atoms with Gasteiger partial charge < -0.3 is 10.2 Å². The van der Waals surface area contributed by atoms with Gasteiger partial charge in [-0.2, -0.15) is 5.26 Å². The number of benzene rings is 2. The minimum atomic E-state index is 0.361. The van der Waals surface area contributed by atoms with Crippen LogP contribution in [0.1, 0.15) is 43.4 Å². The highest BCUT2D eigenvalue weighted by Gasteiger charge is 2.26. The molecule has 6 heteroatoms. The maximum atomic E-state index is 10.0. The average molecular weight is 452 g/mol. The van der Waals surface area contributed by atoms with Crippen LogP contribution in [0.5, 0.6) is 0 Å². The largest absolute Gasteiger partial charge is 0.348 e. The highest BCUT2D eigenvalue weighted by atomic mass is 32.2. The molecule has 0 spiro atoms. The quantitative estimate of drug-likeness (QED) is 0.448. The number of nitrogens with one attached hydrogen (secondary N) is 1. The van der Waals surface area contributed by atoms with E-state index < -0.39 is 0 Å². The molecule has 0 amide bonds. The summed E-state index contributed by atoms with van der Waals surface area (Å²) in [7, 11) is 0. The van der Waals surface area contributed by atoms with E-state index in [1.165, 1.54) is 31.0 Å². The van der Waals surface area contributed by atoms with Crippen LogP contribution in [0.4, 0.5) is 11.6 Å². The summed E-state index contributed by atoms with van der Waals surface area (Å²) < 4.78 is 0. The average Bonchev–Trinajstić information content (AvgIpc) is 3.37. The van der Waals surface area contributed by atoms with Crippen molar-refractivity contribution >= 4 is 34.7 Å². The Morgan fingerprint density at radius 1 is 0.970 bits per heavy atom. The second-order valence-corrected chi connectivity index (χ2v) is 9.08. The second-order valence-electron chi connectivity index (χ2n) is 8.20. The van der Waals surface area contributed by atoms with E-state index >= 15 is 0 Å². The Balaban J connectivity index is 1.48. The molecule has 0 atom stereocenters. The Hall–Kier alpha value is -3.56. The van der Waals surface area contributed by atoms with Gasteiger partial charge in [0.2, 0.25) is 5.95 Å². The third-order valence-electron chi connectivity index (χ3n) is 6.06. The lowest BCUT2D eigenvalue weighted by Crippen LogP contribution is -2.34. The molecule has 5 nitrogen and oxygen atoms in total. The number of nitriles is 1. The zero-order chi connectivity index (χ0) is 22.5. The highest BCUT2D eigenvalue weighted by Crippen LogP contribution is 2.36. The lowest BCUT2D eigenvalue weighted by molar-refractivity contribution is 0.433. The second kappa shape index (κ2) is 9.93. The van der Waals surface area contributed by atoms with Gasteiger partial charge in [-0.05, 0) is 36.6 Å². The van der Waals surface area contributed by atoms with Gasteiger partial charge in [-0.3, -0.25) is 0 Å². The molecule has 5 rings (SSSR count). The topological polar surface area (TPSA) is 64.8 Å². The summed E-state index contributed by atoms with van der Waals surface area (Å²) >= 11 is 1.52. The SMILES string of the molecule is N#C/C(=C1\NC(c2ccccc2)=CS1)c1ccnc(N(c2ccccc2)C2CCCCC2)n1. The van der Waals surface area contributed by atoms with Crippen LogP contribution in [-0.4, -0.2) is 16.0 Å². The van der Waals surface area contributed by atoms with Crippen LogP contribution in [0, 0.1) is 11.3 Å².